The molecule has 0 bridgehead atoms. The molecule has 0 aromatic heterocycles. The summed E-state index contributed by atoms with van der Waals surface area (Å²) in [6.45, 7) is 4.97. The first-order valence-corrected chi connectivity index (χ1v) is 18.2. The van der Waals surface area contributed by atoms with Gasteiger partial charge in [0.15, 0.2) is 0 Å². The Morgan fingerprint density at radius 3 is 1.78 bits per heavy atom. The van der Waals surface area contributed by atoms with E-state index >= 15 is 0 Å². The van der Waals surface area contributed by atoms with E-state index in [-0.39, 0.29) is 35.1 Å². The fourth-order valence-electron chi connectivity index (χ4n) is 6.81. The molecule has 0 radical (unpaired) electrons. The number of hydrogen-bond acceptors (Lipinski definition) is 6. The highest BCUT2D eigenvalue weighted by Crippen LogP contribution is 2.45. The molecule has 5 aromatic rings. The fourth-order valence-corrected chi connectivity index (χ4v) is 8.13. The van der Waals surface area contributed by atoms with Gasteiger partial charge in [-0.15, -0.1) is 6.58 Å². The molecule has 49 heavy (non-hydrogen) atoms. The van der Waals surface area contributed by atoms with Crippen LogP contribution >= 0.6 is 15.9 Å². The molecule has 250 valence electrons. The minimum Gasteiger partial charge on any atom is -0.359 e. The molecule has 6 rings (SSSR count). The van der Waals surface area contributed by atoms with E-state index < -0.39 is 20.5 Å². The Balaban J connectivity index is 1.35. The van der Waals surface area contributed by atoms with E-state index in [9.17, 15) is 18.5 Å². The van der Waals surface area contributed by atoms with Gasteiger partial charge in [0.05, 0.1) is 16.4 Å². The molecule has 1 aliphatic heterocycles. The summed E-state index contributed by atoms with van der Waals surface area (Å²) in [6.07, 6.45) is 1.82. The summed E-state index contributed by atoms with van der Waals surface area (Å²) in [4.78, 5) is 12.7. The number of ether oxygens (including phenoxy) is 1. The van der Waals surface area contributed by atoms with Crippen molar-refractivity contribution in [3.05, 3.63) is 189 Å². The maximum atomic E-state index is 13.4. The topological polar surface area (TPSA) is 102 Å². The van der Waals surface area contributed by atoms with Gasteiger partial charge in [-0.25, -0.2) is 13.1 Å². The molecule has 10 heteroatoms. The molecule has 0 saturated carbocycles. The second-order valence-corrected chi connectivity index (χ2v) is 14.6. The van der Waals surface area contributed by atoms with Crippen molar-refractivity contribution < 1.29 is 18.1 Å². The number of likely N-dealkylation sites (tertiary alicyclic amines) is 1. The lowest BCUT2D eigenvalue weighted by Gasteiger charge is -2.56. The van der Waals surface area contributed by atoms with Gasteiger partial charge in [0.25, 0.3) is 5.69 Å². The zero-order valence-electron chi connectivity index (χ0n) is 26.6. The van der Waals surface area contributed by atoms with Crippen molar-refractivity contribution in [3.8, 4) is 0 Å². The maximum absolute atomic E-state index is 13.4. The smallest absolute Gasteiger partial charge is 0.269 e. The minimum absolute atomic E-state index is 0.0360. The van der Waals surface area contributed by atoms with E-state index in [0.717, 1.165) is 26.7 Å². The summed E-state index contributed by atoms with van der Waals surface area (Å²) < 4.78 is 37.7. The lowest BCUT2D eigenvalue weighted by Crippen LogP contribution is -2.67. The molecule has 1 saturated heterocycles. The molecule has 1 N–H and O–H groups in total. The zero-order chi connectivity index (χ0) is 34.4. The molecule has 0 aliphatic carbocycles. The largest absolute Gasteiger partial charge is 0.359 e. The van der Waals surface area contributed by atoms with Crippen molar-refractivity contribution in [2.24, 2.45) is 0 Å². The second kappa shape index (κ2) is 15.0. The van der Waals surface area contributed by atoms with Crippen LogP contribution in [0, 0.1) is 10.1 Å². The van der Waals surface area contributed by atoms with Crippen LogP contribution in [0.2, 0.25) is 0 Å². The monoisotopic (exact) mass is 737 g/mol. The summed E-state index contributed by atoms with van der Waals surface area (Å²) in [7, 11) is -3.95. The molecule has 1 fully saturated rings. The second-order valence-electron chi connectivity index (χ2n) is 11.9. The summed E-state index contributed by atoms with van der Waals surface area (Å²) in [6, 6.07) is 43.3. The molecule has 0 unspecified atom stereocenters. The van der Waals surface area contributed by atoms with E-state index in [1.807, 2.05) is 72.8 Å². The highest BCUT2D eigenvalue weighted by atomic mass is 79.9. The number of non-ortho nitro benzene ring substituents is 1. The van der Waals surface area contributed by atoms with Crippen LogP contribution in [0.1, 0.15) is 28.2 Å². The fraction of sp³-hybridized carbons (Fsp3) is 0.179. The third-order valence-corrected chi connectivity index (χ3v) is 11.1. The van der Waals surface area contributed by atoms with Gasteiger partial charge >= 0.3 is 0 Å². The Morgan fingerprint density at radius 2 is 1.31 bits per heavy atom. The number of nitrogens with zero attached hydrogens (tertiary/aromatic N) is 2. The molecule has 1 heterocycles. The number of sulfonamides is 1. The Morgan fingerprint density at radius 1 is 0.796 bits per heavy atom. The van der Waals surface area contributed by atoms with E-state index in [4.69, 9.17) is 4.74 Å². The molecule has 8 nitrogen and oxygen atoms in total. The first kappa shape index (κ1) is 34.4. The van der Waals surface area contributed by atoms with Crippen LogP contribution in [-0.2, 0) is 20.4 Å². The number of hydrogen-bond donors (Lipinski definition) is 1. The first-order chi connectivity index (χ1) is 23.7. The van der Waals surface area contributed by atoms with Crippen molar-refractivity contribution in [2.45, 2.75) is 28.5 Å². The van der Waals surface area contributed by atoms with Crippen molar-refractivity contribution in [1.82, 2.24) is 9.62 Å². The lowest BCUT2D eigenvalue weighted by atomic mass is 9.74. The summed E-state index contributed by atoms with van der Waals surface area (Å²) in [5, 5.41) is 11.1. The normalized spacial score (nSPS) is 18.0. The van der Waals surface area contributed by atoms with Crippen molar-refractivity contribution in [3.63, 3.8) is 0 Å². The number of halogens is 1. The third-order valence-electron chi connectivity index (χ3n) is 9.13. The number of nitro benzene ring substituents is 1. The van der Waals surface area contributed by atoms with Crippen molar-refractivity contribution in [2.75, 3.05) is 19.7 Å². The van der Waals surface area contributed by atoms with Gasteiger partial charge in [0, 0.05) is 47.7 Å². The molecular formula is C39H36BrN3O5S. The Labute approximate surface area is 295 Å². The highest BCUT2D eigenvalue weighted by Gasteiger charge is 2.50. The molecule has 0 amide bonds. The average Bonchev–Trinajstić information content (AvgIpc) is 3.13. The van der Waals surface area contributed by atoms with Gasteiger partial charge in [0.2, 0.25) is 10.0 Å². The Hall–Kier alpha value is -4.45. The standard InChI is InChI=1S/C39H36BrN3O5S/c1-2-26-42-36(27-41-49(46,47)35-24-22-34(23-25-35)43(44)45)38(29-18-20-33(40)21-19-29)37(42)28-48-39(30-12-6-3-7-13-30,31-14-8-4-9-15-31)32-16-10-5-11-17-32/h2-25,36-38,41H,1,26-28H2/t36-,37+,38-/m0/s1. The predicted octanol–water partition coefficient (Wildman–Crippen LogP) is 7.67. The SMILES string of the molecule is C=CCN1[C@H](COC(c2ccccc2)(c2ccccc2)c2ccccc2)[C@@H](c2ccc(Br)cc2)[C@@H]1CNS(=O)(=O)c1ccc([N+](=O)[O-])cc1. The van der Waals surface area contributed by atoms with Crippen LogP contribution < -0.4 is 4.72 Å². The van der Waals surface area contributed by atoms with Gasteiger partial charge in [-0.2, -0.15) is 0 Å². The van der Waals surface area contributed by atoms with E-state index in [1.54, 1.807) is 0 Å². The first-order valence-electron chi connectivity index (χ1n) is 15.9. The summed E-state index contributed by atoms with van der Waals surface area (Å²) in [5.74, 6) is -0.0902. The molecule has 1 aliphatic rings. The van der Waals surface area contributed by atoms with Gasteiger partial charge in [-0.05, 0) is 46.5 Å². The minimum atomic E-state index is -3.95. The van der Waals surface area contributed by atoms with E-state index in [2.05, 4.69) is 80.7 Å². The van der Waals surface area contributed by atoms with Crippen LogP contribution in [0.25, 0.3) is 0 Å². The quantitative estimate of drug-likeness (QED) is 0.0544. The van der Waals surface area contributed by atoms with Gasteiger partial charge < -0.3 is 4.74 Å². The predicted molar refractivity (Wildman–Crippen MR) is 195 cm³/mol. The third kappa shape index (κ3) is 7.15. The number of benzene rings is 5. The maximum Gasteiger partial charge on any atom is 0.269 e. The van der Waals surface area contributed by atoms with Gasteiger partial charge in [-0.3, -0.25) is 15.0 Å². The van der Waals surface area contributed by atoms with Crippen molar-refractivity contribution >= 4 is 31.6 Å². The van der Waals surface area contributed by atoms with Gasteiger partial charge in [-0.1, -0.05) is 125 Å². The Kier molecular flexibility index (Phi) is 10.5. The van der Waals surface area contributed by atoms with E-state index in [0.29, 0.717) is 13.2 Å². The number of nitro groups is 1. The van der Waals surface area contributed by atoms with Crippen LogP contribution in [0.3, 0.4) is 0 Å². The Bertz CT molecular complexity index is 1880. The molecule has 5 aromatic carbocycles. The number of nitrogens with one attached hydrogen (secondary N) is 1. The van der Waals surface area contributed by atoms with Crippen LogP contribution in [0.4, 0.5) is 5.69 Å². The summed E-state index contributed by atoms with van der Waals surface area (Å²) >= 11 is 3.55. The molecule has 3 atom stereocenters. The van der Waals surface area contributed by atoms with Crippen LogP contribution in [0.15, 0.2) is 162 Å². The van der Waals surface area contributed by atoms with E-state index in [1.165, 1.54) is 24.3 Å². The average molecular weight is 739 g/mol. The summed E-state index contributed by atoms with van der Waals surface area (Å²) in [5.41, 5.74) is 2.95. The van der Waals surface area contributed by atoms with Crippen molar-refractivity contribution in [1.29, 1.82) is 0 Å². The number of rotatable bonds is 14. The van der Waals surface area contributed by atoms with Gasteiger partial charge in [0.1, 0.15) is 5.60 Å². The zero-order valence-corrected chi connectivity index (χ0v) is 29.0. The lowest BCUT2D eigenvalue weighted by molar-refractivity contribution is -0.384. The highest BCUT2D eigenvalue weighted by molar-refractivity contribution is 9.10. The molecular weight excluding hydrogens is 702 g/mol. The molecule has 0 spiro atoms. The van der Waals surface area contributed by atoms with Crippen LogP contribution in [-0.4, -0.2) is 50.0 Å². The van der Waals surface area contributed by atoms with Crippen LogP contribution in [0.5, 0.6) is 0 Å².